The van der Waals surface area contributed by atoms with Gasteiger partial charge >= 0.3 is 0 Å². The third kappa shape index (κ3) is 3.48. The zero-order valence-corrected chi connectivity index (χ0v) is 13.0. The number of rotatable bonds is 4. The zero-order valence-electron chi connectivity index (χ0n) is 13.0. The van der Waals surface area contributed by atoms with Crippen molar-refractivity contribution in [2.45, 2.75) is 25.3 Å². The fourth-order valence-electron chi connectivity index (χ4n) is 3.02. The summed E-state index contributed by atoms with van der Waals surface area (Å²) in [4.78, 5) is 22.8. The Morgan fingerprint density at radius 2 is 2.04 bits per heavy atom. The third-order valence-corrected chi connectivity index (χ3v) is 4.13. The van der Waals surface area contributed by atoms with Gasteiger partial charge in [-0.2, -0.15) is 0 Å². The first kappa shape index (κ1) is 15.4. The molecule has 2 heterocycles. The maximum absolute atomic E-state index is 12.5. The normalized spacial score (nSPS) is 18.0. The highest BCUT2D eigenvalue weighted by Crippen LogP contribution is 2.25. The van der Waals surface area contributed by atoms with E-state index in [1.807, 2.05) is 24.3 Å². The summed E-state index contributed by atoms with van der Waals surface area (Å²) in [5.41, 5.74) is 14.1. The maximum atomic E-state index is 12.5. The summed E-state index contributed by atoms with van der Waals surface area (Å²) < 4.78 is 0. The molecular weight excluding hydrogens is 290 g/mol. The number of nitrogen functional groups attached to an aromatic ring is 1. The molecule has 1 aromatic heterocycles. The number of carbonyl (C=O) groups is 1. The lowest BCUT2D eigenvalue weighted by molar-refractivity contribution is 0.0989. The van der Waals surface area contributed by atoms with Crippen molar-refractivity contribution in [3.05, 3.63) is 47.9 Å². The van der Waals surface area contributed by atoms with Crippen LogP contribution in [-0.2, 0) is 6.42 Å². The highest BCUT2D eigenvalue weighted by Gasteiger charge is 2.21. The molecule has 1 atom stereocenters. The second-order valence-electron chi connectivity index (χ2n) is 5.87. The lowest BCUT2D eigenvalue weighted by Crippen LogP contribution is -2.43. The lowest BCUT2D eigenvalue weighted by Gasteiger charge is -2.34. The Hall–Kier alpha value is -2.47. The smallest absolute Gasteiger partial charge is 0.189 e. The summed E-state index contributed by atoms with van der Waals surface area (Å²) in [6.45, 7) is 1.78. The van der Waals surface area contributed by atoms with Gasteiger partial charge in [0.1, 0.15) is 5.69 Å². The average molecular weight is 311 g/mol. The van der Waals surface area contributed by atoms with Crippen molar-refractivity contribution in [1.29, 1.82) is 0 Å². The molecule has 0 bridgehead atoms. The van der Waals surface area contributed by atoms with E-state index in [9.17, 15) is 4.79 Å². The van der Waals surface area contributed by atoms with Crippen LogP contribution in [-0.4, -0.2) is 34.9 Å². The number of ketones is 1. The quantitative estimate of drug-likeness (QED) is 0.829. The van der Waals surface area contributed by atoms with Gasteiger partial charge < -0.3 is 16.4 Å². The van der Waals surface area contributed by atoms with Crippen LogP contribution in [0.3, 0.4) is 0 Å². The van der Waals surface area contributed by atoms with Crippen molar-refractivity contribution in [3.8, 4) is 0 Å². The minimum absolute atomic E-state index is 0.121. The molecule has 0 spiro atoms. The molecule has 2 aromatic rings. The number of nitrogens with zero attached hydrogens (tertiary/aromatic N) is 3. The molecule has 23 heavy (non-hydrogen) atoms. The van der Waals surface area contributed by atoms with Crippen LogP contribution in [0.5, 0.6) is 0 Å². The van der Waals surface area contributed by atoms with E-state index in [0.29, 0.717) is 0 Å². The van der Waals surface area contributed by atoms with Gasteiger partial charge in [0.05, 0.1) is 0 Å². The van der Waals surface area contributed by atoms with Gasteiger partial charge in [-0.25, -0.2) is 9.97 Å². The molecule has 3 rings (SSSR count). The summed E-state index contributed by atoms with van der Waals surface area (Å²) in [6.07, 6.45) is 5.34. The summed E-state index contributed by atoms with van der Waals surface area (Å²) in [6, 6.07) is 8.12. The molecule has 6 nitrogen and oxygen atoms in total. The fraction of sp³-hybridized carbons (Fsp3) is 0.353. The largest absolute Gasteiger partial charge is 0.382 e. The first-order valence-electron chi connectivity index (χ1n) is 7.83. The molecule has 6 heteroatoms. The molecule has 1 aliphatic rings. The first-order valence-corrected chi connectivity index (χ1v) is 7.83. The second kappa shape index (κ2) is 6.75. The van der Waals surface area contributed by atoms with E-state index < -0.39 is 0 Å². The van der Waals surface area contributed by atoms with Crippen molar-refractivity contribution >= 4 is 17.3 Å². The number of Topliss-reactive ketones (excluding diaryl/α,β-unsaturated/α-hetero) is 1. The predicted molar refractivity (Wildman–Crippen MR) is 90.3 cm³/mol. The molecule has 0 amide bonds. The van der Waals surface area contributed by atoms with Gasteiger partial charge in [-0.05, 0) is 24.5 Å². The van der Waals surface area contributed by atoms with E-state index in [2.05, 4.69) is 14.9 Å². The van der Waals surface area contributed by atoms with Crippen molar-refractivity contribution in [1.82, 2.24) is 9.97 Å². The minimum atomic E-state index is -0.121. The SMILES string of the molecule is Nc1nccnc1C(=O)Cc1ccccc1N1CCC[C@H](N)C1. The van der Waals surface area contributed by atoms with Crippen molar-refractivity contribution in [2.24, 2.45) is 5.73 Å². The van der Waals surface area contributed by atoms with Crippen LogP contribution in [0.1, 0.15) is 28.9 Å². The second-order valence-corrected chi connectivity index (χ2v) is 5.87. The molecule has 0 unspecified atom stereocenters. The van der Waals surface area contributed by atoms with Crippen LogP contribution in [0.15, 0.2) is 36.7 Å². The summed E-state index contributed by atoms with van der Waals surface area (Å²) in [7, 11) is 0. The number of hydrogen-bond acceptors (Lipinski definition) is 6. The van der Waals surface area contributed by atoms with Crippen LogP contribution in [0.25, 0.3) is 0 Å². The Morgan fingerprint density at radius 1 is 1.26 bits per heavy atom. The van der Waals surface area contributed by atoms with Crippen LogP contribution < -0.4 is 16.4 Å². The highest BCUT2D eigenvalue weighted by molar-refractivity contribution is 5.99. The van der Waals surface area contributed by atoms with Crippen LogP contribution >= 0.6 is 0 Å². The number of anilines is 2. The van der Waals surface area contributed by atoms with E-state index in [1.54, 1.807) is 0 Å². The van der Waals surface area contributed by atoms with Gasteiger partial charge in [-0.3, -0.25) is 4.79 Å². The Labute approximate surface area is 135 Å². The summed E-state index contributed by atoms with van der Waals surface area (Å²) in [5, 5.41) is 0. The van der Waals surface area contributed by atoms with E-state index in [0.717, 1.165) is 37.2 Å². The topological polar surface area (TPSA) is 98.1 Å². The number of piperidine rings is 1. The molecule has 1 fully saturated rings. The van der Waals surface area contributed by atoms with Gasteiger partial charge in [-0.15, -0.1) is 0 Å². The maximum Gasteiger partial charge on any atom is 0.189 e. The standard InChI is InChI=1S/C17H21N5O/c18-13-5-3-9-22(11-13)14-6-2-1-4-12(14)10-15(23)16-17(19)21-8-7-20-16/h1-2,4,6-8,13H,3,5,9-11,18H2,(H2,19,21)/t13-/m0/s1. The van der Waals surface area contributed by atoms with E-state index >= 15 is 0 Å². The molecule has 0 radical (unpaired) electrons. The Kier molecular flexibility index (Phi) is 4.52. The average Bonchev–Trinajstić information content (AvgIpc) is 2.55. The third-order valence-electron chi connectivity index (χ3n) is 4.13. The molecule has 120 valence electrons. The highest BCUT2D eigenvalue weighted by atomic mass is 16.1. The van der Waals surface area contributed by atoms with Crippen molar-refractivity contribution in [3.63, 3.8) is 0 Å². The first-order chi connectivity index (χ1) is 11.1. The fourth-order valence-corrected chi connectivity index (χ4v) is 3.02. The van der Waals surface area contributed by atoms with E-state index in [4.69, 9.17) is 11.5 Å². The van der Waals surface area contributed by atoms with Gasteiger partial charge in [-0.1, -0.05) is 18.2 Å². The van der Waals surface area contributed by atoms with Crippen molar-refractivity contribution in [2.75, 3.05) is 23.7 Å². The number of benzene rings is 1. The summed E-state index contributed by atoms with van der Waals surface area (Å²) >= 11 is 0. The number of carbonyl (C=O) groups excluding carboxylic acids is 1. The van der Waals surface area contributed by atoms with Gasteiger partial charge in [0, 0.05) is 43.6 Å². The summed E-state index contributed by atoms with van der Waals surface area (Å²) in [5.74, 6) is 0.0549. The van der Waals surface area contributed by atoms with E-state index in [1.165, 1.54) is 12.4 Å². The monoisotopic (exact) mass is 311 g/mol. The van der Waals surface area contributed by atoms with E-state index in [-0.39, 0.29) is 29.8 Å². The Morgan fingerprint density at radius 3 is 2.83 bits per heavy atom. The number of aromatic nitrogens is 2. The Bertz CT molecular complexity index is 703. The minimum Gasteiger partial charge on any atom is -0.382 e. The number of para-hydroxylation sites is 1. The van der Waals surface area contributed by atoms with Crippen molar-refractivity contribution < 1.29 is 4.79 Å². The number of nitrogens with two attached hydrogens (primary N) is 2. The zero-order chi connectivity index (χ0) is 16.2. The van der Waals surface area contributed by atoms with Crippen LogP contribution in [0, 0.1) is 0 Å². The predicted octanol–water partition coefficient (Wildman–Crippen LogP) is 1.41. The molecule has 0 aliphatic carbocycles. The number of hydrogen-bond donors (Lipinski definition) is 2. The van der Waals surface area contributed by atoms with Crippen LogP contribution in [0.4, 0.5) is 11.5 Å². The van der Waals surface area contributed by atoms with Gasteiger partial charge in [0.15, 0.2) is 11.6 Å². The molecule has 1 saturated heterocycles. The van der Waals surface area contributed by atoms with Gasteiger partial charge in [0.25, 0.3) is 0 Å². The molecule has 1 aromatic carbocycles. The molecule has 1 aliphatic heterocycles. The van der Waals surface area contributed by atoms with Crippen LogP contribution in [0.2, 0.25) is 0 Å². The Balaban J connectivity index is 1.83. The molecule has 4 N–H and O–H groups in total. The molecule has 0 saturated carbocycles. The van der Waals surface area contributed by atoms with Gasteiger partial charge in [0.2, 0.25) is 0 Å². The lowest BCUT2D eigenvalue weighted by atomic mass is 10.0. The molecular formula is C17H21N5O.